The molecule has 194 valence electrons. The number of nitrogens with one attached hydrogen (secondary N) is 2. The number of hydrogen-bond donors (Lipinski definition) is 3. The third-order valence-electron chi connectivity index (χ3n) is 6.68. The Labute approximate surface area is 219 Å². The first-order valence-electron chi connectivity index (χ1n) is 12.4. The van der Waals surface area contributed by atoms with Crippen LogP contribution in [0.15, 0.2) is 42.5 Å². The standard InChI is InChI=1S/C27H29ClFN5O3/c1-37-27-32-24-14-19(16-4-5-16)23(31-25(36)3-2-10-34-11-8-18(35)9-12-34)15-20(24)26(33-27)30-17-6-7-22(29)21(28)13-17/h2-3,6-7,13-16,18,35H,4-5,8-12H2,1H3,(H,31,36)(H,30,32,33). The number of aromatic nitrogens is 2. The molecule has 1 amide bonds. The average molecular weight is 526 g/mol. The van der Waals surface area contributed by atoms with E-state index in [0.29, 0.717) is 40.6 Å². The minimum Gasteiger partial charge on any atom is -0.467 e. The zero-order valence-electron chi connectivity index (χ0n) is 20.5. The van der Waals surface area contributed by atoms with E-state index in [9.17, 15) is 14.3 Å². The number of methoxy groups -OCH3 is 1. The Morgan fingerprint density at radius 3 is 2.70 bits per heavy atom. The first kappa shape index (κ1) is 25.4. The van der Waals surface area contributed by atoms with Crippen molar-refractivity contribution < 1.29 is 19.0 Å². The lowest BCUT2D eigenvalue weighted by molar-refractivity contribution is -0.111. The van der Waals surface area contributed by atoms with Crippen LogP contribution in [0, 0.1) is 5.82 Å². The van der Waals surface area contributed by atoms with Gasteiger partial charge in [-0.2, -0.15) is 9.97 Å². The predicted molar refractivity (Wildman–Crippen MR) is 142 cm³/mol. The number of carbonyl (C=O) groups is 1. The fourth-order valence-electron chi connectivity index (χ4n) is 4.49. The summed E-state index contributed by atoms with van der Waals surface area (Å²) in [6, 6.07) is 8.35. The van der Waals surface area contributed by atoms with E-state index in [1.165, 1.54) is 19.2 Å². The fraction of sp³-hybridized carbons (Fsp3) is 0.370. The number of aliphatic hydroxyl groups is 1. The van der Waals surface area contributed by atoms with Crippen molar-refractivity contribution in [3.8, 4) is 6.01 Å². The third-order valence-corrected chi connectivity index (χ3v) is 6.97. The molecule has 1 aromatic heterocycles. The summed E-state index contributed by atoms with van der Waals surface area (Å²) in [5.74, 6) is 0.0804. The molecular formula is C27H29ClFN5O3. The molecule has 2 aliphatic rings. The molecule has 3 aromatic rings. The number of piperidine rings is 1. The van der Waals surface area contributed by atoms with Gasteiger partial charge in [0.1, 0.15) is 11.6 Å². The first-order valence-corrected chi connectivity index (χ1v) is 12.8. The number of halogens is 2. The van der Waals surface area contributed by atoms with E-state index >= 15 is 0 Å². The number of hydrogen-bond acceptors (Lipinski definition) is 7. The van der Waals surface area contributed by atoms with E-state index in [1.807, 2.05) is 18.2 Å². The molecule has 0 unspecified atom stereocenters. The van der Waals surface area contributed by atoms with Gasteiger partial charge in [0.25, 0.3) is 0 Å². The smallest absolute Gasteiger partial charge is 0.318 e. The van der Waals surface area contributed by atoms with Crippen molar-refractivity contribution in [1.82, 2.24) is 14.9 Å². The van der Waals surface area contributed by atoms with Gasteiger partial charge in [-0.15, -0.1) is 0 Å². The molecule has 10 heteroatoms. The number of aliphatic hydroxyl groups excluding tert-OH is 1. The Morgan fingerprint density at radius 2 is 2.00 bits per heavy atom. The highest BCUT2D eigenvalue weighted by Gasteiger charge is 2.28. The van der Waals surface area contributed by atoms with Crippen molar-refractivity contribution in [3.05, 3.63) is 58.9 Å². The Morgan fingerprint density at radius 1 is 1.22 bits per heavy atom. The van der Waals surface area contributed by atoms with Crippen LogP contribution in [0.4, 0.5) is 21.6 Å². The normalized spacial score (nSPS) is 16.9. The number of fused-ring (bicyclic) bond motifs is 1. The lowest BCUT2D eigenvalue weighted by Gasteiger charge is -2.28. The van der Waals surface area contributed by atoms with Gasteiger partial charge in [0.15, 0.2) is 0 Å². The summed E-state index contributed by atoms with van der Waals surface area (Å²) in [6.45, 7) is 2.31. The van der Waals surface area contributed by atoms with Gasteiger partial charge in [-0.05, 0) is 67.5 Å². The first-order chi connectivity index (χ1) is 17.9. The lowest BCUT2D eigenvalue weighted by Crippen LogP contribution is -2.35. The zero-order chi connectivity index (χ0) is 25.9. The molecular weight excluding hydrogens is 497 g/mol. The number of rotatable bonds is 8. The topological polar surface area (TPSA) is 99.6 Å². The van der Waals surface area contributed by atoms with Gasteiger partial charge in [-0.3, -0.25) is 9.69 Å². The molecule has 0 atom stereocenters. The van der Waals surface area contributed by atoms with Crippen molar-refractivity contribution in [3.63, 3.8) is 0 Å². The Bertz CT molecular complexity index is 1340. The van der Waals surface area contributed by atoms with Crippen LogP contribution in [0.2, 0.25) is 5.02 Å². The predicted octanol–water partition coefficient (Wildman–Crippen LogP) is 5.00. The van der Waals surface area contributed by atoms with E-state index in [2.05, 4.69) is 25.5 Å². The van der Waals surface area contributed by atoms with E-state index in [0.717, 1.165) is 44.3 Å². The summed E-state index contributed by atoms with van der Waals surface area (Å²) in [4.78, 5) is 24.0. The van der Waals surface area contributed by atoms with Crippen LogP contribution in [0.5, 0.6) is 6.01 Å². The van der Waals surface area contributed by atoms with Gasteiger partial charge in [0.05, 0.1) is 23.8 Å². The maximum Gasteiger partial charge on any atom is 0.318 e. The van der Waals surface area contributed by atoms with Gasteiger partial charge in [0.2, 0.25) is 5.91 Å². The Balaban J connectivity index is 1.41. The highest BCUT2D eigenvalue weighted by molar-refractivity contribution is 6.31. The summed E-state index contributed by atoms with van der Waals surface area (Å²) in [7, 11) is 1.49. The van der Waals surface area contributed by atoms with E-state index in [1.54, 1.807) is 12.1 Å². The molecule has 1 aliphatic carbocycles. The molecule has 37 heavy (non-hydrogen) atoms. The molecule has 1 saturated heterocycles. The molecule has 1 aliphatic heterocycles. The van der Waals surface area contributed by atoms with Crippen LogP contribution in [0.1, 0.15) is 37.2 Å². The average Bonchev–Trinajstić information content (AvgIpc) is 3.73. The van der Waals surface area contributed by atoms with Crippen molar-refractivity contribution in [2.75, 3.05) is 37.4 Å². The molecule has 8 nitrogen and oxygen atoms in total. The molecule has 2 aromatic carbocycles. The summed E-state index contributed by atoms with van der Waals surface area (Å²) in [5, 5.41) is 16.5. The highest BCUT2D eigenvalue weighted by atomic mass is 35.5. The second-order valence-corrected chi connectivity index (χ2v) is 9.87. The van der Waals surface area contributed by atoms with Gasteiger partial charge in [-0.1, -0.05) is 17.7 Å². The molecule has 5 rings (SSSR count). The van der Waals surface area contributed by atoms with Gasteiger partial charge in [0, 0.05) is 42.5 Å². The second-order valence-electron chi connectivity index (χ2n) is 9.47. The lowest BCUT2D eigenvalue weighted by atomic mass is 10.0. The minimum absolute atomic E-state index is 0.00758. The van der Waals surface area contributed by atoms with Crippen molar-refractivity contribution in [2.24, 2.45) is 0 Å². The van der Waals surface area contributed by atoms with Crippen LogP contribution in [0.25, 0.3) is 10.9 Å². The summed E-state index contributed by atoms with van der Waals surface area (Å²) in [6.07, 6.45) is 6.80. The highest BCUT2D eigenvalue weighted by Crippen LogP contribution is 2.45. The zero-order valence-corrected chi connectivity index (χ0v) is 21.3. The molecule has 2 fully saturated rings. The number of carbonyl (C=O) groups excluding carboxylic acids is 1. The number of ether oxygens (including phenoxy) is 1. The SMILES string of the molecule is COc1nc(Nc2ccc(F)c(Cl)c2)c2cc(NC(=O)C=CCN3CCC(O)CC3)c(C3CC3)cc2n1. The molecule has 1 saturated carbocycles. The number of nitrogens with zero attached hydrogens (tertiary/aromatic N) is 3. The van der Waals surface area contributed by atoms with Crippen LogP contribution in [-0.4, -0.2) is 58.7 Å². The van der Waals surface area contributed by atoms with Crippen molar-refractivity contribution in [1.29, 1.82) is 0 Å². The quantitative estimate of drug-likeness (QED) is 0.356. The van der Waals surface area contributed by atoms with E-state index in [4.69, 9.17) is 16.3 Å². The molecule has 0 bridgehead atoms. The van der Waals surface area contributed by atoms with E-state index < -0.39 is 5.82 Å². The van der Waals surface area contributed by atoms with Gasteiger partial charge >= 0.3 is 6.01 Å². The Kier molecular flexibility index (Phi) is 7.55. The van der Waals surface area contributed by atoms with Crippen molar-refractivity contribution >= 4 is 45.6 Å². The van der Waals surface area contributed by atoms with Crippen LogP contribution in [0.3, 0.4) is 0 Å². The van der Waals surface area contributed by atoms with Gasteiger partial charge < -0.3 is 20.5 Å². The molecule has 0 spiro atoms. The fourth-order valence-corrected chi connectivity index (χ4v) is 4.67. The summed E-state index contributed by atoms with van der Waals surface area (Å²) >= 11 is 5.96. The molecule has 0 radical (unpaired) electrons. The molecule has 3 N–H and O–H groups in total. The number of anilines is 3. The second kappa shape index (κ2) is 11.0. The van der Waals surface area contributed by atoms with Crippen LogP contribution >= 0.6 is 11.6 Å². The maximum absolute atomic E-state index is 13.7. The summed E-state index contributed by atoms with van der Waals surface area (Å²) < 4.78 is 19.0. The van der Waals surface area contributed by atoms with Gasteiger partial charge in [-0.25, -0.2) is 4.39 Å². The monoisotopic (exact) mass is 525 g/mol. The largest absolute Gasteiger partial charge is 0.467 e. The van der Waals surface area contributed by atoms with E-state index in [-0.39, 0.29) is 23.0 Å². The summed E-state index contributed by atoms with van der Waals surface area (Å²) in [5.41, 5.74) is 2.96. The number of benzene rings is 2. The van der Waals surface area contributed by atoms with Crippen LogP contribution in [-0.2, 0) is 4.79 Å². The van der Waals surface area contributed by atoms with Crippen LogP contribution < -0.4 is 15.4 Å². The number of amides is 1. The Hall–Kier alpha value is -3.27. The third kappa shape index (κ3) is 6.18. The van der Waals surface area contributed by atoms with Crippen molar-refractivity contribution in [2.45, 2.75) is 37.7 Å². The minimum atomic E-state index is -0.512. The maximum atomic E-state index is 13.7. The molecule has 2 heterocycles. The number of likely N-dealkylation sites (tertiary alicyclic amines) is 1.